The number of hydrogen-bond acceptors (Lipinski definition) is 4. The van der Waals surface area contributed by atoms with Crippen molar-refractivity contribution in [2.75, 3.05) is 33.4 Å². The van der Waals surface area contributed by atoms with Crippen molar-refractivity contribution in [3.8, 4) is 11.5 Å². The molecule has 1 fully saturated rings. The molecule has 0 radical (unpaired) electrons. The maximum absolute atomic E-state index is 9.40. The minimum absolute atomic E-state index is 0.165. The summed E-state index contributed by atoms with van der Waals surface area (Å²) in [6, 6.07) is 7.63. The van der Waals surface area contributed by atoms with Gasteiger partial charge in [-0.05, 0) is 18.6 Å². The van der Waals surface area contributed by atoms with Gasteiger partial charge >= 0.3 is 0 Å². The van der Waals surface area contributed by atoms with Crippen molar-refractivity contribution < 1.29 is 14.6 Å². The average molecular weight is 237 g/mol. The first kappa shape index (κ1) is 12.2. The third-order valence-corrected chi connectivity index (χ3v) is 2.98. The quantitative estimate of drug-likeness (QED) is 0.834. The fourth-order valence-corrected chi connectivity index (χ4v) is 2.04. The molecule has 0 amide bonds. The second kappa shape index (κ2) is 5.89. The lowest BCUT2D eigenvalue weighted by atomic mass is 10.3. The highest BCUT2D eigenvalue weighted by atomic mass is 16.5. The molecular weight excluding hydrogens is 218 g/mol. The number of rotatable bonds is 5. The van der Waals surface area contributed by atoms with Crippen molar-refractivity contribution in [2.45, 2.75) is 12.5 Å². The summed E-state index contributed by atoms with van der Waals surface area (Å²) in [6.07, 6.45) is 0.704. The van der Waals surface area contributed by atoms with Gasteiger partial charge in [0.2, 0.25) is 0 Å². The Hall–Kier alpha value is -1.26. The second-order valence-electron chi connectivity index (χ2n) is 4.24. The molecule has 4 nitrogen and oxygen atoms in total. The third kappa shape index (κ3) is 3.35. The van der Waals surface area contributed by atoms with Crippen molar-refractivity contribution >= 4 is 0 Å². The van der Waals surface area contributed by atoms with Gasteiger partial charge in [-0.25, -0.2) is 0 Å². The molecular formula is C13H19NO3. The molecule has 0 aromatic heterocycles. The van der Waals surface area contributed by atoms with Gasteiger partial charge in [-0.3, -0.25) is 4.90 Å². The number of likely N-dealkylation sites (tertiary alicyclic amines) is 1. The molecule has 0 saturated carbocycles. The number of para-hydroxylation sites is 2. The molecule has 1 aromatic rings. The summed E-state index contributed by atoms with van der Waals surface area (Å²) >= 11 is 0. The van der Waals surface area contributed by atoms with Gasteiger partial charge in [0.05, 0.1) is 13.2 Å². The number of methoxy groups -OCH3 is 1. The molecule has 1 N–H and O–H groups in total. The van der Waals surface area contributed by atoms with Crippen LogP contribution in [-0.2, 0) is 0 Å². The first-order chi connectivity index (χ1) is 8.29. The van der Waals surface area contributed by atoms with E-state index in [0.717, 1.165) is 37.6 Å². The molecule has 0 aliphatic carbocycles. The number of hydrogen-bond donors (Lipinski definition) is 1. The van der Waals surface area contributed by atoms with E-state index in [-0.39, 0.29) is 6.10 Å². The van der Waals surface area contributed by atoms with Gasteiger partial charge in [0, 0.05) is 19.6 Å². The lowest BCUT2D eigenvalue weighted by Crippen LogP contribution is -2.27. The molecule has 1 aromatic carbocycles. The Labute approximate surface area is 102 Å². The fourth-order valence-electron chi connectivity index (χ4n) is 2.04. The minimum atomic E-state index is -0.165. The van der Waals surface area contributed by atoms with Gasteiger partial charge in [-0.2, -0.15) is 0 Å². The summed E-state index contributed by atoms with van der Waals surface area (Å²) in [6.45, 7) is 3.17. The summed E-state index contributed by atoms with van der Waals surface area (Å²) in [5.41, 5.74) is 0. The van der Waals surface area contributed by atoms with E-state index in [1.54, 1.807) is 7.11 Å². The van der Waals surface area contributed by atoms with Crippen LogP contribution in [0.1, 0.15) is 6.42 Å². The predicted octanol–water partition coefficient (Wildman–Crippen LogP) is 1.14. The fraction of sp³-hybridized carbons (Fsp3) is 0.538. The molecule has 0 spiro atoms. The summed E-state index contributed by atoms with van der Waals surface area (Å²) in [5.74, 6) is 1.53. The first-order valence-corrected chi connectivity index (χ1v) is 5.96. The lowest BCUT2D eigenvalue weighted by molar-refractivity contribution is 0.166. The van der Waals surface area contributed by atoms with Crippen LogP contribution in [0.15, 0.2) is 24.3 Å². The SMILES string of the molecule is COc1ccccc1OCCN1CCC(O)C1. The van der Waals surface area contributed by atoms with Crippen LogP contribution in [0.4, 0.5) is 0 Å². The van der Waals surface area contributed by atoms with Gasteiger partial charge in [0.25, 0.3) is 0 Å². The van der Waals surface area contributed by atoms with E-state index in [1.807, 2.05) is 24.3 Å². The topological polar surface area (TPSA) is 41.9 Å². The van der Waals surface area contributed by atoms with Crippen LogP contribution in [0.25, 0.3) is 0 Å². The first-order valence-electron chi connectivity index (χ1n) is 5.96. The van der Waals surface area contributed by atoms with E-state index in [0.29, 0.717) is 6.61 Å². The number of nitrogens with zero attached hydrogens (tertiary/aromatic N) is 1. The number of aliphatic hydroxyl groups is 1. The maximum Gasteiger partial charge on any atom is 0.161 e. The van der Waals surface area contributed by atoms with E-state index in [1.165, 1.54) is 0 Å². The minimum Gasteiger partial charge on any atom is -0.493 e. The molecule has 1 unspecified atom stereocenters. The molecule has 1 saturated heterocycles. The standard InChI is InChI=1S/C13H19NO3/c1-16-12-4-2-3-5-13(12)17-9-8-14-7-6-11(15)10-14/h2-5,11,15H,6-10H2,1H3. The van der Waals surface area contributed by atoms with Crippen LogP contribution in [0.5, 0.6) is 11.5 Å². The Morgan fingerprint density at radius 2 is 2.12 bits per heavy atom. The molecule has 1 atom stereocenters. The summed E-state index contributed by atoms with van der Waals surface area (Å²) < 4.78 is 10.9. The zero-order chi connectivity index (χ0) is 12.1. The Kier molecular flexibility index (Phi) is 4.23. The van der Waals surface area contributed by atoms with Crippen molar-refractivity contribution in [3.05, 3.63) is 24.3 Å². The summed E-state index contributed by atoms with van der Waals surface area (Å²) in [5, 5.41) is 9.40. The predicted molar refractivity (Wildman–Crippen MR) is 65.6 cm³/mol. The van der Waals surface area contributed by atoms with Crippen molar-refractivity contribution in [3.63, 3.8) is 0 Å². The van der Waals surface area contributed by atoms with Crippen LogP contribution in [0.3, 0.4) is 0 Å². The zero-order valence-corrected chi connectivity index (χ0v) is 10.1. The van der Waals surface area contributed by atoms with E-state index < -0.39 is 0 Å². The van der Waals surface area contributed by atoms with E-state index in [4.69, 9.17) is 9.47 Å². The number of β-amino-alcohol motifs (C(OH)–C–C–N with tert-alkyl or cyclic N) is 1. The Morgan fingerprint density at radius 1 is 1.35 bits per heavy atom. The van der Waals surface area contributed by atoms with E-state index in [9.17, 15) is 5.11 Å². The van der Waals surface area contributed by atoms with Crippen LogP contribution >= 0.6 is 0 Å². The largest absolute Gasteiger partial charge is 0.493 e. The molecule has 4 heteroatoms. The maximum atomic E-state index is 9.40. The van der Waals surface area contributed by atoms with Crippen LogP contribution in [0.2, 0.25) is 0 Å². The van der Waals surface area contributed by atoms with E-state index in [2.05, 4.69) is 4.90 Å². The summed E-state index contributed by atoms with van der Waals surface area (Å²) in [7, 11) is 1.64. The van der Waals surface area contributed by atoms with Gasteiger partial charge in [-0.15, -0.1) is 0 Å². The zero-order valence-electron chi connectivity index (χ0n) is 10.1. The normalized spacial score (nSPS) is 20.5. The lowest BCUT2D eigenvalue weighted by Gasteiger charge is -2.16. The van der Waals surface area contributed by atoms with Crippen molar-refractivity contribution in [1.82, 2.24) is 4.90 Å². The van der Waals surface area contributed by atoms with Crippen LogP contribution < -0.4 is 9.47 Å². The second-order valence-corrected chi connectivity index (χ2v) is 4.24. The van der Waals surface area contributed by atoms with Gasteiger partial charge in [-0.1, -0.05) is 12.1 Å². The molecule has 1 aliphatic rings. The highest BCUT2D eigenvalue weighted by Gasteiger charge is 2.19. The number of benzene rings is 1. The molecule has 2 rings (SSSR count). The van der Waals surface area contributed by atoms with E-state index >= 15 is 0 Å². The highest BCUT2D eigenvalue weighted by molar-refractivity contribution is 5.39. The third-order valence-electron chi connectivity index (χ3n) is 2.98. The monoisotopic (exact) mass is 237 g/mol. The van der Waals surface area contributed by atoms with Crippen LogP contribution in [-0.4, -0.2) is 49.5 Å². The molecule has 1 aliphatic heterocycles. The van der Waals surface area contributed by atoms with Gasteiger partial charge in [0.1, 0.15) is 6.61 Å². The number of ether oxygens (including phenoxy) is 2. The van der Waals surface area contributed by atoms with Crippen LogP contribution in [0, 0.1) is 0 Å². The van der Waals surface area contributed by atoms with Gasteiger partial charge in [0.15, 0.2) is 11.5 Å². The Balaban J connectivity index is 1.78. The van der Waals surface area contributed by atoms with Crippen molar-refractivity contribution in [2.24, 2.45) is 0 Å². The highest BCUT2D eigenvalue weighted by Crippen LogP contribution is 2.25. The molecule has 0 bridgehead atoms. The molecule has 17 heavy (non-hydrogen) atoms. The molecule has 1 heterocycles. The van der Waals surface area contributed by atoms with Crippen molar-refractivity contribution in [1.29, 1.82) is 0 Å². The number of aliphatic hydroxyl groups excluding tert-OH is 1. The molecule has 94 valence electrons. The summed E-state index contributed by atoms with van der Waals surface area (Å²) in [4.78, 5) is 2.21. The Morgan fingerprint density at radius 3 is 2.76 bits per heavy atom. The smallest absolute Gasteiger partial charge is 0.161 e. The Bertz CT molecular complexity index is 356. The average Bonchev–Trinajstić information content (AvgIpc) is 2.76. The van der Waals surface area contributed by atoms with Gasteiger partial charge < -0.3 is 14.6 Å².